The summed E-state index contributed by atoms with van der Waals surface area (Å²) in [5.41, 5.74) is 7.16. The van der Waals surface area contributed by atoms with Crippen LogP contribution in [0.1, 0.15) is 57.1 Å². The van der Waals surface area contributed by atoms with Crippen molar-refractivity contribution in [3.63, 3.8) is 0 Å². The van der Waals surface area contributed by atoms with Gasteiger partial charge in [-0.05, 0) is 43.6 Å². The quantitative estimate of drug-likeness (QED) is 0.835. The molecular weight excluding hydrogens is 250 g/mol. The van der Waals surface area contributed by atoms with Crippen LogP contribution >= 0.6 is 0 Å². The van der Waals surface area contributed by atoms with Gasteiger partial charge in [0.1, 0.15) is 6.10 Å². The predicted molar refractivity (Wildman–Crippen MR) is 80.1 cm³/mol. The van der Waals surface area contributed by atoms with Crippen LogP contribution in [0.2, 0.25) is 0 Å². The number of carbonyl (C=O) groups is 1. The summed E-state index contributed by atoms with van der Waals surface area (Å²) in [7, 11) is 0. The Balaban J connectivity index is 1.70. The summed E-state index contributed by atoms with van der Waals surface area (Å²) in [6, 6.07) is 9.81. The molecule has 1 aliphatic carbocycles. The summed E-state index contributed by atoms with van der Waals surface area (Å²) in [4.78, 5) is 11.9. The molecule has 1 atom stereocenters. The number of esters is 1. The second-order valence-corrected chi connectivity index (χ2v) is 5.93. The first-order valence-electron chi connectivity index (χ1n) is 7.65. The van der Waals surface area contributed by atoms with Crippen molar-refractivity contribution in [2.75, 3.05) is 0 Å². The van der Waals surface area contributed by atoms with E-state index in [1.54, 1.807) is 0 Å². The van der Waals surface area contributed by atoms with Crippen molar-refractivity contribution in [1.82, 2.24) is 0 Å². The van der Waals surface area contributed by atoms with E-state index < -0.39 is 0 Å². The smallest absolute Gasteiger partial charge is 0.306 e. The van der Waals surface area contributed by atoms with Crippen molar-refractivity contribution in [2.45, 2.75) is 57.6 Å². The number of benzene rings is 1. The average Bonchev–Trinajstić information content (AvgIpc) is 2.48. The van der Waals surface area contributed by atoms with E-state index in [1.165, 1.54) is 12.8 Å². The number of hydrogen-bond donors (Lipinski definition) is 1. The molecule has 0 bridgehead atoms. The molecule has 3 nitrogen and oxygen atoms in total. The van der Waals surface area contributed by atoms with Gasteiger partial charge in [-0.25, -0.2) is 0 Å². The lowest BCUT2D eigenvalue weighted by atomic mass is 9.89. The van der Waals surface area contributed by atoms with Gasteiger partial charge in [-0.3, -0.25) is 4.79 Å². The van der Waals surface area contributed by atoms with Crippen LogP contribution in [0.15, 0.2) is 30.3 Å². The van der Waals surface area contributed by atoms with Gasteiger partial charge in [-0.1, -0.05) is 37.3 Å². The van der Waals surface area contributed by atoms with Crippen LogP contribution in [0.5, 0.6) is 0 Å². The summed E-state index contributed by atoms with van der Waals surface area (Å²) >= 11 is 0. The molecule has 2 rings (SSSR count). The second-order valence-electron chi connectivity index (χ2n) is 5.93. The topological polar surface area (TPSA) is 52.3 Å². The maximum atomic E-state index is 11.9. The Bertz CT molecular complexity index is 410. The fourth-order valence-corrected chi connectivity index (χ4v) is 2.73. The molecule has 1 unspecified atom stereocenters. The van der Waals surface area contributed by atoms with E-state index in [4.69, 9.17) is 10.5 Å². The van der Waals surface area contributed by atoms with E-state index in [2.05, 4.69) is 6.92 Å². The molecule has 2 N–H and O–H groups in total. The fourth-order valence-electron chi connectivity index (χ4n) is 2.73. The Kier molecular flexibility index (Phi) is 5.60. The highest BCUT2D eigenvalue weighted by atomic mass is 16.5. The number of ether oxygens (including phenoxy) is 1. The number of hydrogen-bond acceptors (Lipinski definition) is 3. The normalized spacial score (nSPS) is 24.1. The van der Waals surface area contributed by atoms with Gasteiger partial charge in [-0.15, -0.1) is 0 Å². The van der Waals surface area contributed by atoms with E-state index in [1.807, 2.05) is 30.3 Å². The lowest BCUT2D eigenvalue weighted by Crippen LogP contribution is -2.24. The molecule has 1 aromatic rings. The average molecular weight is 275 g/mol. The van der Waals surface area contributed by atoms with Crippen LogP contribution in [-0.4, -0.2) is 12.1 Å². The maximum Gasteiger partial charge on any atom is 0.306 e. The van der Waals surface area contributed by atoms with Gasteiger partial charge in [-0.2, -0.15) is 0 Å². The zero-order valence-electron chi connectivity index (χ0n) is 12.3. The molecular formula is C17H25NO2. The highest BCUT2D eigenvalue weighted by Gasteiger charge is 2.21. The molecule has 20 heavy (non-hydrogen) atoms. The molecule has 0 aromatic heterocycles. The first-order chi connectivity index (χ1) is 9.65. The van der Waals surface area contributed by atoms with Gasteiger partial charge in [0.25, 0.3) is 0 Å². The van der Waals surface area contributed by atoms with Gasteiger partial charge in [0.2, 0.25) is 0 Å². The highest BCUT2D eigenvalue weighted by Crippen LogP contribution is 2.26. The van der Waals surface area contributed by atoms with Crippen molar-refractivity contribution in [3.05, 3.63) is 35.9 Å². The molecule has 0 aliphatic heterocycles. The van der Waals surface area contributed by atoms with Crippen molar-refractivity contribution in [2.24, 2.45) is 11.7 Å². The monoisotopic (exact) mass is 275 g/mol. The maximum absolute atomic E-state index is 11.9. The zero-order chi connectivity index (χ0) is 14.4. The molecule has 1 aliphatic rings. The third-order valence-electron chi connectivity index (χ3n) is 4.15. The molecule has 110 valence electrons. The standard InChI is InChI=1S/C17H25NO2/c1-13-7-9-15(10-8-13)20-17(19)12-11-16(18)14-5-3-2-4-6-14/h2-6,13,15-16H,7-12,18H2,1H3. The van der Waals surface area contributed by atoms with Crippen LogP contribution in [0, 0.1) is 5.92 Å². The third kappa shape index (κ3) is 4.64. The molecule has 0 saturated heterocycles. The Morgan fingerprint density at radius 1 is 1.25 bits per heavy atom. The Hall–Kier alpha value is -1.35. The summed E-state index contributed by atoms with van der Waals surface area (Å²) in [5, 5.41) is 0. The third-order valence-corrected chi connectivity index (χ3v) is 4.15. The fraction of sp³-hybridized carbons (Fsp3) is 0.588. The minimum atomic E-state index is -0.101. The summed E-state index contributed by atoms with van der Waals surface area (Å²) < 4.78 is 5.53. The minimum absolute atomic E-state index is 0.0878. The SMILES string of the molecule is CC1CCC(OC(=O)CCC(N)c2ccccc2)CC1. The van der Waals surface area contributed by atoms with E-state index in [9.17, 15) is 4.79 Å². The van der Waals surface area contributed by atoms with E-state index in [-0.39, 0.29) is 18.1 Å². The number of carbonyl (C=O) groups excluding carboxylic acids is 1. The van der Waals surface area contributed by atoms with Gasteiger partial charge in [0.05, 0.1) is 0 Å². The van der Waals surface area contributed by atoms with Crippen molar-refractivity contribution in [3.8, 4) is 0 Å². The minimum Gasteiger partial charge on any atom is -0.462 e. The highest BCUT2D eigenvalue weighted by molar-refractivity contribution is 5.69. The van der Waals surface area contributed by atoms with Crippen LogP contribution < -0.4 is 5.73 Å². The van der Waals surface area contributed by atoms with E-state index >= 15 is 0 Å². The molecule has 0 heterocycles. The van der Waals surface area contributed by atoms with Gasteiger partial charge >= 0.3 is 5.97 Å². The van der Waals surface area contributed by atoms with Crippen LogP contribution in [0.25, 0.3) is 0 Å². The van der Waals surface area contributed by atoms with Gasteiger partial charge in [0.15, 0.2) is 0 Å². The Labute approximate surface area is 121 Å². The van der Waals surface area contributed by atoms with Crippen molar-refractivity contribution < 1.29 is 9.53 Å². The second kappa shape index (κ2) is 7.44. The van der Waals surface area contributed by atoms with Crippen LogP contribution in [-0.2, 0) is 9.53 Å². The van der Waals surface area contributed by atoms with Crippen LogP contribution in [0.4, 0.5) is 0 Å². The molecule has 1 saturated carbocycles. The van der Waals surface area contributed by atoms with Gasteiger partial charge < -0.3 is 10.5 Å². The lowest BCUT2D eigenvalue weighted by Gasteiger charge is -2.26. The Morgan fingerprint density at radius 2 is 1.90 bits per heavy atom. The zero-order valence-corrected chi connectivity index (χ0v) is 12.3. The molecule has 1 fully saturated rings. The van der Waals surface area contributed by atoms with Crippen molar-refractivity contribution in [1.29, 1.82) is 0 Å². The molecule has 0 amide bonds. The largest absolute Gasteiger partial charge is 0.462 e. The number of nitrogens with two attached hydrogens (primary N) is 1. The van der Waals surface area contributed by atoms with E-state index in [0.29, 0.717) is 12.8 Å². The van der Waals surface area contributed by atoms with Gasteiger partial charge in [0, 0.05) is 12.5 Å². The molecule has 3 heteroatoms. The first kappa shape index (κ1) is 15.0. The summed E-state index contributed by atoms with van der Waals surface area (Å²) in [6.45, 7) is 2.26. The van der Waals surface area contributed by atoms with Crippen LogP contribution in [0.3, 0.4) is 0 Å². The first-order valence-corrected chi connectivity index (χ1v) is 7.65. The van der Waals surface area contributed by atoms with E-state index in [0.717, 1.165) is 24.3 Å². The van der Waals surface area contributed by atoms with Crippen molar-refractivity contribution >= 4 is 5.97 Å². The molecule has 0 spiro atoms. The summed E-state index contributed by atoms with van der Waals surface area (Å²) in [6.07, 6.45) is 5.54. The summed E-state index contributed by atoms with van der Waals surface area (Å²) in [5.74, 6) is 0.674. The predicted octanol–water partition coefficient (Wildman–Crippen LogP) is 3.59. The Morgan fingerprint density at radius 3 is 2.55 bits per heavy atom. The molecule has 0 radical (unpaired) electrons. The molecule has 1 aromatic carbocycles. The number of rotatable bonds is 5. The lowest BCUT2D eigenvalue weighted by molar-refractivity contribution is -0.151.